The van der Waals surface area contributed by atoms with Crippen molar-refractivity contribution in [2.75, 3.05) is 23.7 Å². The molecule has 8 nitrogen and oxygen atoms in total. The van der Waals surface area contributed by atoms with E-state index >= 15 is 0 Å². The minimum atomic E-state index is -0.288. The van der Waals surface area contributed by atoms with Gasteiger partial charge in [-0.05, 0) is 54.8 Å². The molecule has 1 aromatic heterocycles. The van der Waals surface area contributed by atoms with E-state index in [4.69, 9.17) is 5.73 Å². The van der Waals surface area contributed by atoms with E-state index < -0.39 is 0 Å². The van der Waals surface area contributed by atoms with Crippen molar-refractivity contribution in [3.8, 4) is 0 Å². The van der Waals surface area contributed by atoms with Crippen LogP contribution in [-0.4, -0.2) is 29.9 Å². The second kappa shape index (κ2) is 9.25. The summed E-state index contributed by atoms with van der Waals surface area (Å²) in [5.74, 6) is 1.38. The normalized spacial score (nSPS) is 15.5. The van der Waals surface area contributed by atoms with E-state index in [2.05, 4.69) is 31.2 Å². The average Bonchev–Trinajstić information content (AvgIpc) is 2.68. The van der Waals surface area contributed by atoms with E-state index in [1.54, 1.807) is 25.3 Å². The Balaban J connectivity index is 1.56. The number of rotatable bonds is 7. The molecule has 0 saturated carbocycles. The summed E-state index contributed by atoms with van der Waals surface area (Å²) in [4.78, 5) is 19.7. The van der Waals surface area contributed by atoms with E-state index in [9.17, 15) is 9.18 Å². The number of nitrogens with zero attached hydrogens (tertiary/aromatic N) is 2. The lowest BCUT2D eigenvalue weighted by atomic mass is 9.98. The Hall–Kier alpha value is -3.62. The summed E-state index contributed by atoms with van der Waals surface area (Å²) in [5.41, 5.74) is 8.91. The molecule has 1 amide bonds. The number of nitrogens with one attached hydrogen (secondary N) is 4. The number of hydrogen-bond acceptors (Lipinski definition) is 7. The first-order valence-corrected chi connectivity index (χ1v) is 9.62. The van der Waals surface area contributed by atoms with Gasteiger partial charge in [0, 0.05) is 20.0 Å². The summed E-state index contributed by atoms with van der Waals surface area (Å²) in [7, 11) is 0. The van der Waals surface area contributed by atoms with Gasteiger partial charge in [0.1, 0.15) is 23.5 Å². The van der Waals surface area contributed by atoms with Crippen LogP contribution in [0.2, 0.25) is 0 Å². The summed E-state index contributed by atoms with van der Waals surface area (Å²) in [5, 5.41) is 12.1. The second-order valence-corrected chi connectivity index (χ2v) is 7.09. The molecule has 0 fully saturated rings. The number of guanidine groups is 1. The van der Waals surface area contributed by atoms with Crippen LogP contribution in [0.25, 0.3) is 0 Å². The van der Waals surface area contributed by atoms with Crippen molar-refractivity contribution in [2.24, 2.45) is 10.7 Å². The monoisotopic (exact) mass is 411 g/mol. The van der Waals surface area contributed by atoms with Crippen molar-refractivity contribution in [1.29, 1.82) is 0 Å². The fourth-order valence-electron chi connectivity index (χ4n) is 3.10. The first-order valence-electron chi connectivity index (χ1n) is 9.62. The molecule has 0 aliphatic carbocycles. The number of carbonyl (C=O) groups is 1. The van der Waals surface area contributed by atoms with Gasteiger partial charge in [0.2, 0.25) is 5.91 Å². The number of pyridine rings is 1. The zero-order valence-corrected chi connectivity index (χ0v) is 17.2. The fraction of sp³-hybridized carbons (Fsp3) is 0.286. The summed E-state index contributed by atoms with van der Waals surface area (Å²) in [6.45, 7) is 6.27. The van der Waals surface area contributed by atoms with Crippen molar-refractivity contribution < 1.29 is 9.18 Å². The third-order valence-electron chi connectivity index (χ3n) is 4.56. The zero-order chi connectivity index (χ0) is 21.7. The van der Waals surface area contributed by atoms with Gasteiger partial charge in [-0.25, -0.2) is 14.4 Å². The molecule has 0 saturated heterocycles. The SMILES string of the molecule is CC(=O)Nc1ccc(NCCNC2=CC(c3cc(C)c(F)cc3C)N=C(N)N2)nc1. The van der Waals surface area contributed by atoms with E-state index in [0.29, 0.717) is 36.1 Å². The maximum absolute atomic E-state index is 13.8. The van der Waals surface area contributed by atoms with Crippen LogP contribution in [0.4, 0.5) is 15.9 Å². The summed E-state index contributed by atoms with van der Waals surface area (Å²) >= 11 is 0. The maximum Gasteiger partial charge on any atom is 0.221 e. The number of amides is 1. The molecule has 3 rings (SSSR count). The number of aliphatic imine (C=N–C) groups is 1. The number of nitrogens with two attached hydrogens (primary N) is 1. The van der Waals surface area contributed by atoms with Crippen molar-refractivity contribution in [1.82, 2.24) is 15.6 Å². The van der Waals surface area contributed by atoms with Gasteiger partial charge in [0.05, 0.1) is 11.9 Å². The Morgan fingerprint density at radius 1 is 1.20 bits per heavy atom. The van der Waals surface area contributed by atoms with Crippen LogP contribution >= 0.6 is 0 Å². The molecule has 9 heteroatoms. The van der Waals surface area contributed by atoms with Gasteiger partial charge in [0.15, 0.2) is 5.96 Å². The molecule has 1 atom stereocenters. The molecule has 1 aromatic carbocycles. The van der Waals surface area contributed by atoms with Gasteiger partial charge in [-0.15, -0.1) is 0 Å². The largest absolute Gasteiger partial charge is 0.370 e. The topological polar surface area (TPSA) is 116 Å². The van der Waals surface area contributed by atoms with Crippen molar-refractivity contribution >= 4 is 23.4 Å². The molecule has 1 unspecified atom stereocenters. The fourth-order valence-corrected chi connectivity index (χ4v) is 3.10. The molecule has 1 aliphatic rings. The van der Waals surface area contributed by atoms with Gasteiger partial charge in [-0.2, -0.15) is 0 Å². The number of hydrogen-bond donors (Lipinski definition) is 5. The molecule has 2 heterocycles. The van der Waals surface area contributed by atoms with E-state index in [-0.39, 0.29) is 17.8 Å². The Morgan fingerprint density at radius 3 is 2.67 bits per heavy atom. The Kier molecular flexibility index (Phi) is 6.51. The van der Waals surface area contributed by atoms with Crippen LogP contribution in [0.3, 0.4) is 0 Å². The average molecular weight is 411 g/mol. The highest BCUT2D eigenvalue weighted by Gasteiger charge is 2.18. The number of halogens is 1. The Bertz CT molecular complexity index is 986. The summed E-state index contributed by atoms with van der Waals surface area (Å²) < 4.78 is 13.8. The summed E-state index contributed by atoms with van der Waals surface area (Å²) in [6, 6.07) is 6.62. The zero-order valence-electron chi connectivity index (χ0n) is 17.2. The highest BCUT2D eigenvalue weighted by molar-refractivity contribution is 5.88. The lowest BCUT2D eigenvalue weighted by Crippen LogP contribution is -2.40. The molecule has 0 bridgehead atoms. The van der Waals surface area contributed by atoms with Crippen molar-refractivity contribution in [3.05, 3.63) is 64.9 Å². The molecule has 30 heavy (non-hydrogen) atoms. The van der Waals surface area contributed by atoms with Crippen LogP contribution in [0.5, 0.6) is 0 Å². The Morgan fingerprint density at radius 2 is 1.97 bits per heavy atom. The quantitative estimate of drug-likeness (QED) is 0.447. The predicted molar refractivity (Wildman–Crippen MR) is 116 cm³/mol. The summed E-state index contributed by atoms with van der Waals surface area (Å²) in [6.07, 6.45) is 3.52. The maximum atomic E-state index is 13.8. The number of carbonyl (C=O) groups excluding carboxylic acids is 1. The third-order valence-corrected chi connectivity index (χ3v) is 4.56. The number of aryl methyl sites for hydroxylation is 2. The lowest BCUT2D eigenvalue weighted by molar-refractivity contribution is -0.114. The molecule has 0 spiro atoms. The third kappa shape index (κ3) is 5.47. The number of benzene rings is 1. The molecule has 0 radical (unpaired) electrons. The highest BCUT2D eigenvalue weighted by Crippen LogP contribution is 2.27. The van der Waals surface area contributed by atoms with Gasteiger partial charge in [-0.1, -0.05) is 6.07 Å². The van der Waals surface area contributed by atoms with E-state index in [1.165, 1.54) is 13.0 Å². The van der Waals surface area contributed by atoms with Crippen LogP contribution in [0.15, 0.2) is 47.4 Å². The number of anilines is 2. The minimum Gasteiger partial charge on any atom is -0.370 e. The minimum absolute atomic E-state index is 0.137. The predicted octanol–water partition coefficient (Wildman–Crippen LogP) is 2.30. The van der Waals surface area contributed by atoms with Crippen molar-refractivity contribution in [2.45, 2.75) is 26.8 Å². The molecular weight excluding hydrogens is 385 g/mol. The smallest absolute Gasteiger partial charge is 0.221 e. The first kappa shape index (κ1) is 21.1. The van der Waals surface area contributed by atoms with Crippen LogP contribution in [-0.2, 0) is 4.79 Å². The van der Waals surface area contributed by atoms with Crippen molar-refractivity contribution in [3.63, 3.8) is 0 Å². The van der Waals surface area contributed by atoms with Gasteiger partial charge in [-0.3, -0.25) is 4.79 Å². The van der Waals surface area contributed by atoms with Crippen LogP contribution in [0.1, 0.15) is 29.7 Å². The molecule has 6 N–H and O–H groups in total. The molecule has 158 valence electrons. The van der Waals surface area contributed by atoms with E-state index in [1.807, 2.05) is 19.1 Å². The van der Waals surface area contributed by atoms with Crippen LogP contribution < -0.4 is 27.0 Å². The molecular formula is C21H26FN7O. The van der Waals surface area contributed by atoms with Crippen LogP contribution in [0, 0.1) is 19.7 Å². The number of aromatic nitrogens is 1. The van der Waals surface area contributed by atoms with Gasteiger partial charge in [0.25, 0.3) is 0 Å². The second-order valence-electron chi connectivity index (χ2n) is 7.09. The Labute approximate surface area is 174 Å². The highest BCUT2D eigenvalue weighted by atomic mass is 19.1. The van der Waals surface area contributed by atoms with Gasteiger partial charge < -0.3 is 27.0 Å². The molecule has 2 aromatic rings. The van der Waals surface area contributed by atoms with E-state index in [0.717, 1.165) is 16.9 Å². The lowest BCUT2D eigenvalue weighted by Gasteiger charge is -2.23. The van der Waals surface area contributed by atoms with Gasteiger partial charge >= 0.3 is 0 Å². The standard InChI is InChI=1S/C21H26FN7O/c1-12-9-17(22)13(2)8-16(12)18-10-20(29-21(23)28-18)25-7-6-24-19-5-4-15(11-26-19)27-14(3)30/h4-5,8-11,18,25H,6-7H2,1-3H3,(H,24,26)(H,27,30)(H3,23,28,29). The molecule has 1 aliphatic heterocycles. The first-order chi connectivity index (χ1) is 14.3.